The van der Waals surface area contributed by atoms with Gasteiger partial charge in [0.15, 0.2) is 0 Å². The van der Waals surface area contributed by atoms with Gasteiger partial charge in [0, 0.05) is 22.9 Å². The van der Waals surface area contributed by atoms with Gasteiger partial charge in [-0.2, -0.15) is 0 Å². The maximum Gasteiger partial charge on any atom is 0.318 e. The van der Waals surface area contributed by atoms with E-state index in [9.17, 15) is 9.59 Å². The molecule has 3 rings (SSSR count). The van der Waals surface area contributed by atoms with E-state index in [0.717, 1.165) is 19.4 Å². The van der Waals surface area contributed by atoms with Gasteiger partial charge in [-0.05, 0) is 37.1 Å². The number of thiophene rings is 1. The number of amides is 2. The fourth-order valence-corrected chi connectivity index (χ4v) is 4.89. The third-order valence-electron chi connectivity index (χ3n) is 5.11. The molecule has 1 saturated heterocycles. The lowest BCUT2D eigenvalue weighted by Gasteiger charge is -2.54. The molecule has 1 aromatic heterocycles. The van der Waals surface area contributed by atoms with Crippen molar-refractivity contribution in [1.29, 1.82) is 0 Å². The lowest BCUT2D eigenvalue weighted by atomic mass is 9.74. The molecule has 0 radical (unpaired) electrons. The Hall–Kier alpha value is -1.56. The monoisotopic (exact) mass is 336 g/mol. The number of urea groups is 1. The zero-order valence-corrected chi connectivity index (χ0v) is 14.4. The second kappa shape index (κ2) is 6.15. The Labute approximate surface area is 140 Å². The molecule has 5 nitrogen and oxygen atoms in total. The summed E-state index contributed by atoms with van der Waals surface area (Å²) >= 11 is 1.69. The molecule has 0 aromatic carbocycles. The number of aliphatic carboxylic acids is 1. The van der Waals surface area contributed by atoms with Crippen LogP contribution in [0.15, 0.2) is 17.5 Å². The van der Waals surface area contributed by atoms with Crippen molar-refractivity contribution in [2.75, 3.05) is 6.54 Å². The quantitative estimate of drug-likeness (QED) is 0.888. The second-order valence-electron chi connectivity index (χ2n) is 7.37. The van der Waals surface area contributed by atoms with Crippen molar-refractivity contribution in [3.63, 3.8) is 0 Å². The number of hydrogen-bond acceptors (Lipinski definition) is 3. The Bertz CT molecular complexity index is 577. The third kappa shape index (κ3) is 3.22. The maximum atomic E-state index is 12.6. The van der Waals surface area contributed by atoms with E-state index in [1.807, 2.05) is 16.3 Å². The Kier molecular flexibility index (Phi) is 4.36. The molecule has 1 aromatic rings. The van der Waals surface area contributed by atoms with Crippen LogP contribution in [0, 0.1) is 11.3 Å². The van der Waals surface area contributed by atoms with Crippen molar-refractivity contribution >= 4 is 23.3 Å². The molecule has 6 heteroatoms. The fraction of sp³-hybridized carbons (Fsp3) is 0.647. The van der Waals surface area contributed by atoms with Gasteiger partial charge >= 0.3 is 12.0 Å². The van der Waals surface area contributed by atoms with E-state index in [2.05, 4.69) is 25.2 Å². The first-order valence-corrected chi connectivity index (χ1v) is 9.10. The van der Waals surface area contributed by atoms with Gasteiger partial charge in [-0.3, -0.25) is 4.79 Å². The number of hydrogen-bond donors (Lipinski definition) is 2. The van der Waals surface area contributed by atoms with Crippen molar-refractivity contribution in [1.82, 2.24) is 10.2 Å². The Balaban J connectivity index is 1.58. The minimum atomic E-state index is -0.711. The minimum Gasteiger partial charge on any atom is -0.481 e. The molecule has 1 aliphatic heterocycles. The van der Waals surface area contributed by atoms with E-state index >= 15 is 0 Å². The average Bonchev–Trinajstić information content (AvgIpc) is 2.99. The van der Waals surface area contributed by atoms with Crippen LogP contribution in [0.25, 0.3) is 0 Å². The number of nitrogens with one attached hydrogen (secondary N) is 1. The Morgan fingerprint density at radius 2 is 2.00 bits per heavy atom. The molecule has 2 amide bonds. The molecule has 2 aliphatic rings. The number of nitrogens with zero attached hydrogens (tertiary/aromatic N) is 1. The highest BCUT2D eigenvalue weighted by Gasteiger charge is 2.49. The summed E-state index contributed by atoms with van der Waals surface area (Å²) in [6.07, 6.45) is 2.81. The summed E-state index contributed by atoms with van der Waals surface area (Å²) in [7, 11) is 0. The number of rotatable bonds is 3. The fourth-order valence-electron chi connectivity index (χ4n) is 3.84. The first kappa shape index (κ1) is 16.3. The lowest BCUT2D eigenvalue weighted by Crippen LogP contribution is -2.61. The van der Waals surface area contributed by atoms with Gasteiger partial charge < -0.3 is 15.3 Å². The van der Waals surface area contributed by atoms with Crippen LogP contribution in [-0.4, -0.2) is 34.6 Å². The van der Waals surface area contributed by atoms with Crippen LogP contribution in [0.2, 0.25) is 0 Å². The molecule has 23 heavy (non-hydrogen) atoms. The van der Waals surface area contributed by atoms with Crippen LogP contribution in [0.1, 0.15) is 50.4 Å². The normalized spacial score (nSPS) is 29.7. The van der Waals surface area contributed by atoms with Crippen molar-refractivity contribution in [2.24, 2.45) is 11.3 Å². The van der Waals surface area contributed by atoms with Crippen LogP contribution >= 0.6 is 11.3 Å². The number of carbonyl (C=O) groups excluding carboxylic acids is 1. The van der Waals surface area contributed by atoms with Crippen LogP contribution in [-0.2, 0) is 4.79 Å². The molecule has 1 aliphatic carbocycles. The number of carboxylic acid groups (broad SMARTS) is 1. The molecular formula is C17H24N2O3S. The SMILES string of the molecule is CC1(C)CN(C(=O)NC2CCC(C(=O)O)CC2)C1c1cccs1. The average molecular weight is 336 g/mol. The van der Waals surface area contributed by atoms with E-state index in [-0.39, 0.29) is 29.4 Å². The Morgan fingerprint density at radius 1 is 1.30 bits per heavy atom. The predicted octanol–water partition coefficient (Wildman–Crippen LogP) is 3.48. The van der Waals surface area contributed by atoms with Gasteiger partial charge in [0.05, 0.1) is 12.0 Å². The highest BCUT2D eigenvalue weighted by atomic mass is 32.1. The van der Waals surface area contributed by atoms with Crippen LogP contribution in [0.4, 0.5) is 4.79 Å². The Morgan fingerprint density at radius 3 is 2.52 bits per heavy atom. The molecule has 0 spiro atoms. The zero-order chi connectivity index (χ0) is 16.6. The molecule has 2 N–H and O–H groups in total. The highest BCUT2D eigenvalue weighted by Crippen LogP contribution is 2.49. The number of likely N-dealkylation sites (tertiary alicyclic amines) is 1. The lowest BCUT2D eigenvalue weighted by molar-refractivity contribution is -0.142. The van der Waals surface area contributed by atoms with E-state index in [0.29, 0.717) is 12.8 Å². The predicted molar refractivity (Wildman–Crippen MR) is 89.5 cm³/mol. The number of carbonyl (C=O) groups is 2. The molecule has 126 valence electrons. The summed E-state index contributed by atoms with van der Waals surface area (Å²) in [5.41, 5.74) is 0.100. The highest BCUT2D eigenvalue weighted by molar-refractivity contribution is 7.10. The van der Waals surface area contributed by atoms with Crippen molar-refractivity contribution in [2.45, 2.75) is 51.6 Å². The van der Waals surface area contributed by atoms with Gasteiger partial charge in [0.1, 0.15) is 0 Å². The summed E-state index contributed by atoms with van der Waals surface area (Å²) in [6.45, 7) is 5.14. The zero-order valence-electron chi connectivity index (χ0n) is 13.6. The summed E-state index contributed by atoms with van der Waals surface area (Å²) in [4.78, 5) is 26.7. The van der Waals surface area contributed by atoms with Crippen molar-refractivity contribution < 1.29 is 14.7 Å². The summed E-state index contributed by atoms with van der Waals surface area (Å²) in [5.74, 6) is -0.956. The van der Waals surface area contributed by atoms with Crippen LogP contribution < -0.4 is 5.32 Å². The van der Waals surface area contributed by atoms with Gasteiger partial charge in [0.2, 0.25) is 0 Å². The number of carboxylic acids is 1. The first-order chi connectivity index (χ1) is 10.9. The topological polar surface area (TPSA) is 69.6 Å². The molecule has 1 unspecified atom stereocenters. The van der Waals surface area contributed by atoms with Gasteiger partial charge in [-0.15, -0.1) is 11.3 Å². The summed E-state index contributed by atoms with van der Waals surface area (Å²) in [6, 6.07) is 4.34. The standard InChI is InChI=1S/C17H24N2O3S/c1-17(2)10-19(14(17)13-4-3-9-23-13)16(22)18-12-7-5-11(6-8-12)15(20)21/h3-4,9,11-12,14H,5-8,10H2,1-2H3,(H,18,22)(H,20,21). The maximum absolute atomic E-state index is 12.6. The van der Waals surface area contributed by atoms with E-state index in [1.165, 1.54) is 4.88 Å². The molecule has 2 heterocycles. The van der Waals surface area contributed by atoms with Crippen molar-refractivity contribution in [3.8, 4) is 0 Å². The minimum absolute atomic E-state index is 0.0125. The molecular weight excluding hydrogens is 312 g/mol. The van der Waals surface area contributed by atoms with Crippen LogP contribution in [0.5, 0.6) is 0 Å². The summed E-state index contributed by atoms with van der Waals surface area (Å²) in [5, 5.41) is 14.2. The third-order valence-corrected chi connectivity index (χ3v) is 6.03. The van der Waals surface area contributed by atoms with Gasteiger partial charge in [-0.25, -0.2) is 4.79 Å². The molecule has 1 atom stereocenters. The molecule has 0 bridgehead atoms. The summed E-state index contributed by atoms with van der Waals surface area (Å²) < 4.78 is 0. The van der Waals surface area contributed by atoms with E-state index in [1.54, 1.807) is 11.3 Å². The first-order valence-electron chi connectivity index (χ1n) is 8.22. The van der Waals surface area contributed by atoms with E-state index in [4.69, 9.17) is 5.11 Å². The molecule has 1 saturated carbocycles. The van der Waals surface area contributed by atoms with Gasteiger partial charge in [-0.1, -0.05) is 19.9 Å². The van der Waals surface area contributed by atoms with Crippen LogP contribution in [0.3, 0.4) is 0 Å². The second-order valence-corrected chi connectivity index (χ2v) is 8.35. The largest absolute Gasteiger partial charge is 0.481 e. The van der Waals surface area contributed by atoms with Crippen molar-refractivity contribution in [3.05, 3.63) is 22.4 Å². The van der Waals surface area contributed by atoms with E-state index < -0.39 is 5.97 Å². The molecule has 2 fully saturated rings. The van der Waals surface area contributed by atoms with Gasteiger partial charge in [0.25, 0.3) is 0 Å². The smallest absolute Gasteiger partial charge is 0.318 e.